The number of rotatable bonds is 6. The summed E-state index contributed by atoms with van der Waals surface area (Å²) in [5.74, 6) is -1.23. The van der Waals surface area contributed by atoms with Gasteiger partial charge in [-0.1, -0.05) is 23.7 Å². The highest BCUT2D eigenvalue weighted by molar-refractivity contribution is 6.30. The molecule has 0 spiro atoms. The van der Waals surface area contributed by atoms with Crippen LogP contribution in [0, 0.1) is 5.92 Å². The van der Waals surface area contributed by atoms with Gasteiger partial charge < -0.3 is 16.0 Å². The topological polar surface area (TPSA) is 126 Å². The number of halogens is 1. The molecular weight excluding hydrogens is 458 g/mol. The maximum atomic E-state index is 13.4. The normalized spacial score (nSPS) is 17.3. The molecule has 3 N–H and O–H groups in total. The Morgan fingerprint density at radius 1 is 1.24 bits per heavy atom. The maximum absolute atomic E-state index is 13.4. The van der Waals surface area contributed by atoms with Crippen molar-refractivity contribution in [1.82, 2.24) is 25.0 Å². The first-order valence-electron chi connectivity index (χ1n) is 10.6. The first-order chi connectivity index (χ1) is 16.2. The van der Waals surface area contributed by atoms with Gasteiger partial charge in [-0.2, -0.15) is 5.10 Å². The molecule has 34 heavy (non-hydrogen) atoms. The van der Waals surface area contributed by atoms with E-state index in [1.165, 1.54) is 4.90 Å². The summed E-state index contributed by atoms with van der Waals surface area (Å²) in [5.41, 5.74) is 7.85. The van der Waals surface area contributed by atoms with E-state index in [0.29, 0.717) is 16.5 Å². The number of likely N-dealkylation sites (N-methyl/N-ethyl adjacent to an activating group) is 1. The summed E-state index contributed by atoms with van der Waals surface area (Å²) < 4.78 is 1.57. The number of nitrogen functional groups attached to an aromatic ring is 1. The predicted molar refractivity (Wildman–Crippen MR) is 127 cm³/mol. The number of anilines is 2. The van der Waals surface area contributed by atoms with Gasteiger partial charge in [0, 0.05) is 38.1 Å². The Kier molecular flexibility index (Phi) is 6.51. The molecule has 2 atom stereocenters. The second kappa shape index (κ2) is 9.52. The summed E-state index contributed by atoms with van der Waals surface area (Å²) in [5, 5.41) is 7.34. The maximum Gasteiger partial charge on any atom is 0.325 e. The van der Waals surface area contributed by atoms with Gasteiger partial charge in [0.2, 0.25) is 5.91 Å². The van der Waals surface area contributed by atoms with Crippen molar-refractivity contribution in [2.45, 2.75) is 19.0 Å². The highest BCUT2D eigenvalue weighted by atomic mass is 35.5. The van der Waals surface area contributed by atoms with Crippen molar-refractivity contribution in [3.8, 4) is 0 Å². The highest BCUT2D eigenvalue weighted by Crippen LogP contribution is 2.32. The number of hydrogen-bond acceptors (Lipinski definition) is 6. The van der Waals surface area contributed by atoms with Gasteiger partial charge >= 0.3 is 6.03 Å². The largest absolute Gasteiger partial charge is 0.384 e. The van der Waals surface area contributed by atoms with E-state index in [-0.39, 0.29) is 13.0 Å². The molecule has 10 nitrogen and oxygen atoms in total. The number of urea groups is 1. The monoisotopic (exact) mass is 481 g/mol. The smallest absolute Gasteiger partial charge is 0.325 e. The number of β-lactam (4-membered cyclic amide) rings is 1. The van der Waals surface area contributed by atoms with Crippen LogP contribution in [0.4, 0.5) is 16.3 Å². The zero-order valence-corrected chi connectivity index (χ0v) is 19.4. The zero-order chi connectivity index (χ0) is 24.4. The van der Waals surface area contributed by atoms with Gasteiger partial charge in [0.05, 0.1) is 17.8 Å². The number of aryl methyl sites for hydroxylation is 1. The molecule has 1 aliphatic rings. The molecule has 0 unspecified atom stereocenters. The lowest BCUT2D eigenvalue weighted by Crippen LogP contribution is -2.70. The third-order valence-corrected chi connectivity index (χ3v) is 5.96. The molecule has 3 heterocycles. The van der Waals surface area contributed by atoms with Crippen LogP contribution in [0.5, 0.6) is 0 Å². The van der Waals surface area contributed by atoms with Crippen molar-refractivity contribution in [1.29, 1.82) is 0 Å². The summed E-state index contributed by atoms with van der Waals surface area (Å²) in [7, 11) is 3.33. The Bertz CT molecular complexity index is 1240. The Morgan fingerprint density at radius 3 is 2.71 bits per heavy atom. The van der Waals surface area contributed by atoms with Crippen molar-refractivity contribution >= 4 is 41.0 Å². The van der Waals surface area contributed by atoms with Crippen LogP contribution in [-0.2, 0) is 29.6 Å². The minimum atomic E-state index is -0.980. The van der Waals surface area contributed by atoms with Gasteiger partial charge in [-0.3, -0.25) is 19.2 Å². The lowest BCUT2D eigenvalue weighted by molar-refractivity contribution is -0.156. The van der Waals surface area contributed by atoms with Gasteiger partial charge in [-0.25, -0.2) is 9.78 Å². The van der Waals surface area contributed by atoms with E-state index >= 15 is 0 Å². The van der Waals surface area contributed by atoms with E-state index in [9.17, 15) is 14.4 Å². The second-order valence-corrected chi connectivity index (χ2v) is 8.55. The molecule has 2 aromatic heterocycles. The summed E-state index contributed by atoms with van der Waals surface area (Å²) in [6.07, 6.45) is 5.02. The first-order valence-corrected chi connectivity index (χ1v) is 10.9. The van der Waals surface area contributed by atoms with Crippen LogP contribution in [0.2, 0.25) is 5.02 Å². The minimum Gasteiger partial charge on any atom is -0.384 e. The molecule has 4 rings (SSSR count). The van der Waals surface area contributed by atoms with Crippen LogP contribution in [0.15, 0.2) is 55.0 Å². The summed E-state index contributed by atoms with van der Waals surface area (Å²) in [6.45, 7) is 0.161. The van der Waals surface area contributed by atoms with E-state index in [0.717, 1.165) is 16.0 Å². The molecule has 1 aromatic carbocycles. The van der Waals surface area contributed by atoms with Crippen LogP contribution in [0.1, 0.15) is 11.1 Å². The van der Waals surface area contributed by atoms with Gasteiger partial charge in [0.15, 0.2) is 0 Å². The van der Waals surface area contributed by atoms with E-state index in [1.807, 2.05) is 0 Å². The fourth-order valence-corrected chi connectivity index (χ4v) is 4.16. The average molecular weight is 482 g/mol. The van der Waals surface area contributed by atoms with Crippen molar-refractivity contribution in [3.05, 3.63) is 71.1 Å². The number of nitrogens with two attached hydrogens (primary N) is 1. The lowest BCUT2D eigenvalue weighted by atomic mass is 9.81. The lowest BCUT2D eigenvalue weighted by Gasteiger charge is -2.45. The molecule has 11 heteroatoms. The summed E-state index contributed by atoms with van der Waals surface area (Å²) in [4.78, 5) is 45.8. The third-order valence-electron chi connectivity index (χ3n) is 5.73. The van der Waals surface area contributed by atoms with Crippen LogP contribution >= 0.6 is 11.6 Å². The number of pyridine rings is 1. The highest BCUT2D eigenvalue weighted by Gasteiger charge is 2.55. The van der Waals surface area contributed by atoms with Crippen LogP contribution in [-0.4, -0.2) is 50.6 Å². The molecule has 1 fully saturated rings. The Labute approximate surface area is 201 Å². The second-order valence-electron chi connectivity index (χ2n) is 8.11. The van der Waals surface area contributed by atoms with Gasteiger partial charge in [0.1, 0.15) is 11.9 Å². The van der Waals surface area contributed by atoms with Crippen molar-refractivity contribution in [2.75, 3.05) is 17.7 Å². The number of likely N-dealkylation sites (tertiary alicyclic amines) is 1. The Balaban J connectivity index is 1.55. The molecular formula is C23H24ClN7O3. The SMILES string of the molecule is CN(C(=O)[C@@H]1[C@@H](Cc2ccnc(N)c2)C(=O)N1C(=O)NCc1cccc(Cl)c1)c1cnn(C)c1. The number of benzene rings is 1. The molecule has 0 saturated carbocycles. The standard InChI is InChI=1S/C23H24ClN7O3/c1-29-13-17(12-28-29)30(2)22(33)20-18(9-14-6-7-26-19(25)10-14)21(32)31(20)23(34)27-11-15-4-3-5-16(24)8-15/h3-8,10,12-13,18,20H,9,11H2,1-2H3,(H2,25,26)(H,27,34)/t18-,20+/m1/s1. The van der Waals surface area contributed by atoms with E-state index in [2.05, 4.69) is 15.4 Å². The molecule has 0 aliphatic carbocycles. The number of hydrogen-bond donors (Lipinski definition) is 2. The third kappa shape index (κ3) is 4.72. The molecule has 176 valence electrons. The number of nitrogens with zero attached hydrogens (tertiary/aromatic N) is 5. The van der Waals surface area contributed by atoms with Gasteiger partial charge in [0.25, 0.3) is 5.91 Å². The van der Waals surface area contributed by atoms with E-state index in [4.69, 9.17) is 17.3 Å². The van der Waals surface area contributed by atoms with Crippen molar-refractivity contribution < 1.29 is 14.4 Å². The van der Waals surface area contributed by atoms with Crippen LogP contribution < -0.4 is 16.0 Å². The van der Waals surface area contributed by atoms with Gasteiger partial charge in [-0.15, -0.1) is 0 Å². The molecule has 4 amide bonds. The molecule has 1 aliphatic heterocycles. The Morgan fingerprint density at radius 2 is 2.03 bits per heavy atom. The zero-order valence-electron chi connectivity index (χ0n) is 18.7. The van der Waals surface area contributed by atoms with Crippen molar-refractivity contribution in [2.24, 2.45) is 13.0 Å². The minimum absolute atomic E-state index is 0.161. The molecule has 0 radical (unpaired) electrons. The van der Waals surface area contributed by atoms with E-state index < -0.39 is 29.8 Å². The summed E-state index contributed by atoms with van der Waals surface area (Å²) in [6, 6.07) is 8.78. The van der Waals surface area contributed by atoms with Crippen LogP contribution in [0.3, 0.4) is 0 Å². The first kappa shape index (κ1) is 23.2. The van der Waals surface area contributed by atoms with Crippen molar-refractivity contribution in [3.63, 3.8) is 0 Å². The fourth-order valence-electron chi connectivity index (χ4n) is 3.95. The predicted octanol–water partition coefficient (Wildman–Crippen LogP) is 1.99. The Hall–Kier alpha value is -3.92. The number of nitrogens with one attached hydrogen (secondary N) is 1. The summed E-state index contributed by atoms with van der Waals surface area (Å²) >= 11 is 6.00. The van der Waals surface area contributed by atoms with Gasteiger partial charge in [-0.05, 0) is 41.8 Å². The number of carbonyl (C=O) groups excluding carboxylic acids is 3. The fraction of sp³-hybridized carbons (Fsp3) is 0.261. The number of carbonyl (C=O) groups is 3. The molecule has 0 bridgehead atoms. The average Bonchev–Trinajstić information content (AvgIpc) is 3.24. The molecule has 3 aromatic rings. The molecule has 1 saturated heterocycles. The quantitative estimate of drug-likeness (QED) is 0.518. The number of amides is 4. The van der Waals surface area contributed by atoms with E-state index in [1.54, 1.807) is 73.8 Å². The van der Waals surface area contributed by atoms with Crippen LogP contribution in [0.25, 0.3) is 0 Å². The number of imide groups is 1. The number of aromatic nitrogens is 3.